The zero-order valence-electron chi connectivity index (χ0n) is 6.65. The van der Waals surface area contributed by atoms with E-state index in [0.29, 0.717) is 0 Å². The molecule has 0 fully saturated rings. The zero-order chi connectivity index (χ0) is 10.3. The first-order valence-electron chi connectivity index (χ1n) is 3.38. The van der Waals surface area contributed by atoms with Gasteiger partial charge < -0.3 is 15.1 Å². The monoisotopic (exact) mass is 191 g/mol. The minimum absolute atomic E-state index is 0.290. The molecule has 0 radical (unpaired) electrons. The Bertz CT molecular complexity index is 213. The van der Waals surface area contributed by atoms with Crippen molar-refractivity contribution < 1.29 is 29.4 Å². The van der Waals surface area contributed by atoms with Gasteiger partial charge >= 0.3 is 17.9 Å². The molecular weight excluding hydrogens is 182 g/mol. The van der Waals surface area contributed by atoms with Crippen LogP contribution >= 0.6 is 0 Å². The van der Waals surface area contributed by atoms with Crippen molar-refractivity contribution in [2.75, 3.05) is 6.54 Å². The molecule has 0 spiro atoms. The molecule has 0 aliphatic carbocycles. The predicted octanol–water partition coefficient (Wildman–Crippen LogP) is -1.02. The van der Waals surface area contributed by atoms with Gasteiger partial charge in [-0.1, -0.05) is 0 Å². The number of carbonyl (C=O) groups is 3. The van der Waals surface area contributed by atoms with E-state index in [9.17, 15) is 14.4 Å². The Morgan fingerprint density at radius 1 is 1.08 bits per heavy atom. The van der Waals surface area contributed by atoms with Crippen LogP contribution in [0.15, 0.2) is 0 Å². The average Bonchev–Trinajstić information content (AvgIpc) is 2.00. The highest BCUT2D eigenvalue weighted by Gasteiger charge is 2.06. The standard InChI is InChI=1S/C6H9NO6/c8-4(9)1-2-6(12)13-7-3-5(10)11/h7H,1-3H2,(H,8,9)(H,10,11). The topological polar surface area (TPSA) is 113 Å². The van der Waals surface area contributed by atoms with E-state index in [0.717, 1.165) is 0 Å². The van der Waals surface area contributed by atoms with Crippen molar-refractivity contribution in [3.8, 4) is 0 Å². The molecule has 0 rings (SSSR count). The van der Waals surface area contributed by atoms with Crippen LogP contribution in [0.4, 0.5) is 0 Å². The van der Waals surface area contributed by atoms with E-state index >= 15 is 0 Å². The Morgan fingerprint density at radius 2 is 1.69 bits per heavy atom. The molecule has 0 saturated carbocycles. The van der Waals surface area contributed by atoms with E-state index in [1.54, 1.807) is 0 Å². The van der Waals surface area contributed by atoms with Crippen molar-refractivity contribution in [2.45, 2.75) is 12.8 Å². The first-order valence-corrected chi connectivity index (χ1v) is 3.38. The Labute approximate surface area is 73.3 Å². The Kier molecular flexibility index (Phi) is 5.20. The first kappa shape index (κ1) is 11.4. The molecule has 0 aliphatic heterocycles. The highest BCUT2D eigenvalue weighted by molar-refractivity contribution is 5.76. The van der Waals surface area contributed by atoms with Gasteiger partial charge in [0.25, 0.3) is 0 Å². The number of hydroxylamine groups is 1. The van der Waals surface area contributed by atoms with Gasteiger partial charge in [-0.15, -0.1) is 5.48 Å². The quantitative estimate of drug-likeness (QED) is 0.460. The van der Waals surface area contributed by atoms with E-state index in [4.69, 9.17) is 10.2 Å². The van der Waals surface area contributed by atoms with Gasteiger partial charge in [0.05, 0.1) is 12.8 Å². The molecule has 7 nitrogen and oxygen atoms in total. The summed E-state index contributed by atoms with van der Waals surface area (Å²) in [5.74, 6) is -3.09. The molecule has 0 saturated heterocycles. The highest BCUT2D eigenvalue weighted by atomic mass is 16.7. The summed E-state index contributed by atoms with van der Waals surface area (Å²) in [6, 6.07) is 0. The molecule has 3 N–H and O–H groups in total. The summed E-state index contributed by atoms with van der Waals surface area (Å²) in [6.07, 6.45) is -0.629. The minimum Gasteiger partial charge on any atom is -0.481 e. The molecule has 74 valence electrons. The molecule has 7 heteroatoms. The van der Waals surface area contributed by atoms with Crippen molar-refractivity contribution in [2.24, 2.45) is 0 Å². The third-order valence-corrected chi connectivity index (χ3v) is 0.952. The zero-order valence-corrected chi connectivity index (χ0v) is 6.65. The van der Waals surface area contributed by atoms with Gasteiger partial charge in [-0.3, -0.25) is 14.4 Å². The van der Waals surface area contributed by atoms with Gasteiger partial charge in [0.1, 0.15) is 6.54 Å². The fraction of sp³-hybridized carbons (Fsp3) is 0.500. The van der Waals surface area contributed by atoms with Crippen LogP contribution in [0.25, 0.3) is 0 Å². The van der Waals surface area contributed by atoms with Crippen LogP contribution in [0, 0.1) is 0 Å². The number of hydrogen-bond acceptors (Lipinski definition) is 5. The second-order valence-corrected chi connectivity index (χ2v) is 2.08. The van der Waals surface area contributed by atoms with Gasteiger partial charge in [0, 0.05) is 0 Å². The smallest absolute Gasteiger partial charge is 0.325 e. The third kappa shape index (κ3) is 8.27. The molecule has 0 heterocycles. The van der Waals surface area contributed by atoms with E-state index in [1.807, 2.05) is 5.48 Å². The lowest BCUT2D eigenvalue weighted by atomic mass is 10.3. The van der Waals surface area contributed by atoms with Crippen LogP contribution in [-0.4, -0.2) is 34.7 Å². The summed E-state index contributed by atoms with van der Waals surface area (Å²) in [6.45, 7) is -0.515. The van der Waals surface area contributed by atoms with E-state index < -0.39 is 24.5 Å². The third-order valence-electron chi connectivity index (χ3n) is 0.952. The van der Waals surface area contributed by atoms with Crippen molar-refractivity contribution in [3.05, 3.63) is 0 Å². The average molecular weight is 191 g/mol. The summed E-state index contributed by atoms with van der Waals surface area (Å²) >= 11 is 0. The summed E-state index contributed by atoms with van der Waals surface area (Å²) in [4.78, 5) is 34.6. The molecule has 0 aromatic rings. The maximum Gasteiger partial charge on any atom is 0.325 e. The lowest BCUT2D eigenvalue weighted by Crippen LogP contribution is -2.26. The Balaban J connectivity index is 3.41. The van der Waals surface area contributed by atoms with Crippen molar-refractivity contribution >= 4 is 17.9 Å². The maximum absolute atomic E-state index is 10.6. The van der Waals surface area contributed by atoms with Gasteiger partial charge in [0.15, 0.2) is 0 Å². The molecule has 0 bridgehead atoms. The molecular formula is C6H9NO6. The van der Waals surface area contributed by atoms with Gasteiger partial charge in [-0.2, -0.15) is 0 Å². The van der Waals surface area contributed by atoms with Crippen LogP contribution in [0.1, 0.15) is 12.8 Å². The summed E-state index contributed by atoms with van der Waals surface area (Å²) in [7, 11) is 0. The van der Waals surface area contributed by atoms with Crippen LogP contribution in [0.5, 0.6) is 0 Å². The minimum atomic E-state index is -1.17. The van der Waals surface area contributed by atoms with E-state index in [-0.39, 0.29) is 12.8 Å². The maximum atomic E-state index is 10.6. The Hall–Kier alpha value is -1.63. The predicted molar refractivity (Wildman–Crippen MR) is 38.6 cm³/mol. The molecule has 0 aliphatic rings. The van der Waals surface area contributed by atoms with E-state index in [1.165, 1.54) is 0 Å². The Morgan fingerprint density at radius 3 is 2.15 bits per heavy atom. The molecule has 0 amide bonds. The fourth-order valence-electron chi connectivity index (χ4n) is 0.438. The number of aliphatic carboxylic acids is 2. The lowest BCUT2D eigenvalue weighted by Gasteiger charge is -2.01. The molecule has 13 heavy (non-hydrogen) atoms. The SMILES string of the molecule is O=C(O)CCC(=O)ONCC(=O)O. The molecule has 0 atom stereocenters. The number of hydrogen-bond donors (Lipinski definition) is 3. The molecule has 0 aromatic carbocycles. The van der Waals surface area contributed by atoms with Crippen molar-refractivity contribution in [3.63, 3.8) is 0 Å². The largest absolute Gasteiger partial charge is 0.481 e. The number of nitrogens with one attached hydrogen (secondary N) is 1. The van der Waals surface area contributed by atoms with Crippen LogP contribution in [0.3, 0.4) is 0 Å². The summed E-state index contributed by atoms with van der Waals surface area (Å²) < 4.78 is 0. The second kappa shape index (κ2) is 5.95. The summed E-state index contributed by atoms with van der Waals surface area (Å²) in [5.41, 5.74) is 1.87. The van der Waals surface area contributed by atoms with Crippen LogP contribution in [0.2, 0.25) is 0 Å². The van der Waals surface area contributed by atoms with Gasteiger partial charge in [-0.25, -0.2) is 0 Å². The second-order valence-electron chi connectivity index (χ2n) is 2.08. The lowest BCUT2D eigenvalue weighted by molar-refractivity contribution is -0.156. The number of carboxylic acids is 2. The molecule has 0 unspecified atom stereocenters. The van der Waals surface area contributed by atoms with Crippen molar-refractivity contribution in [1.29, 1.82) is 0 Å². The van der Waals surface area contributed by atoms with Gasteiger partial charge in [-0.05, 0) is 0 Å². The normalized spacial score (nSPS) is 9.23. The number of rotatable bonds is 6. The number of carbonyl (C=O) groups excluding carboxylic acids is 1. The fourth-order valence-corrected chi connectivity index (χ4v) is 0.438. The first-order chi connectivity index (χ1) is 6.02. The number of carboxylic acid groups (broad SMARTS) is 2. The molecule has 0 aromatic heterocycles. The van der Waals surface area contributed by atoms with Crippen molar-refractivity contribution in [1.82, 2.24) is 5.48 Å². The van der Waals surface area contributed by atoms with Crippen LogP contribution < -0.4 is 5.48 Å². The van der Waals surface area contributed by atoms with Crippen LogP contribution in [-0.2, 0) is 19.2 Å². The summed E-state index contributed by atoms with van der Waals surface area (Å²) in [5, 5.41) is 16.3. The van der Waals surface area contributed by atoms with Gasteiger partial charge in [0.2, 0.25) is 0 Å². The van der Waals surface area contributed by atoms with E-state index in [2.05, 4.69) is 4.84 Å². The highest BCUT2D eigenvalue weighted by Crippen LogP contribution is 1.90.